The molecule has 0 aliphatic heterocycles. The number of methoxy groups -OCH3 is 1. The van der Waals surface area contributed by atoms with Crippen molar-refractivity contribution in [3.8, 4) is 11.5 Å². The van der Waals surface area contributed by atoms with Crippen LogP contribution in [0.15, 0.2) is 18.2 Å². The first-order chi connectivity index (χ1) is 7.03. The van der Waals surface area contributed by atoms with Crippen LogP contribution in [0.4, 0.5) is 8.78 Å². The summed E-state index contributed by atoms with van der Waals surface area (Å²) in [7, 11) is 2.68. The van der Waals surface area contributed by atoms with Crippen molar-refractivity contribution in [1.82, 2.24) is 5.32 Å². The number of ether oxygens (including phenoxy) is 1. The Balaban J connectivity index is 3.18. The van der Waals surface area contributed by atoms with Crippen molar-refractivity contribution in [2.24, 2.45) is 0 Å². The van der Waals surface area contributed by atoms with Gasteiger partial charge in [-0.2, -0.15) is 8.78 Å². The molecule has 0 heterocycles. The molecule has 0 aliphatic rings. The van der Waals surface area contributed by atoms with Crippen LogP contribution >= 0.6 is 0 Å². The van der Waals surface area contributed by atoms with Gasteiger partial charge in [0, 0.05) is 0 Å². The van der Waals surface area contributed by atoms with Gasteiger partial charge in [0.15, 0.2) is 11.5 Å². The van der Waals surface area contributed by atoms with Crippen LogP contribution in [0.25, 0.3) is 0 Å². The SMILES string of the molecule is CNCC(F)(F)c1cccc(O)c1OC. The molecule has 0 aliphatic carbocycles. The minimum absolute atomic E-state index is 0.183. The number of hydrogen-bond acceptors (Lipinski definition) is 3. The summed E-state index contributed by atoms with van der Waals surface area (Å²) in [6.07, 6.45) is 0. The second kappa shape index (κ2) is 4.44. The topological polar surface area (TPSA) is 41.5 Å². The summed E-state index contributed by atoms with van der Waals surface area (Å²) in [4.78, 5) is 0. The Morgan fingerprint density at radius 2 is 2.13 bits per heavy atom. The number of halogens is 2. The summed E-state index contributed by atoms with van der Waals surface area (Å²) in [6.45, 7) is -0.507. The minimum Gasteiger partial charge on any atom is -0.504 e. The Labute approximate surface area is 86.7 Å². The molecule has 0 bridgehead atoms. The normalized spacial score (nSPS) is 11.5. The van der Waals surface area contributed by atoms with Crippen LogP contribution in [0.3, 0.4) is 0 Å². The van der Waals surface area contributed by atoms with E-state index < -0.39 is 12.5 Å². The second-order valence-electron chi connectivity index (χ2n) is 3.09. The Kier molecular flexibility index (Phi) is 3.47. The molecule has 0 unspecified atom stereocenters. The lowest BCUT2D eigenvalue weighted by atomic mass is 10.1. The number of likely N-dealkylation sites (N-methyl/N-ethyl adjacent to an activating group) is 1. The van der Waals surface area contributed by atoms with Gasteiger partial charge in [0.1, 0.15) is 0 Å². The van der Waals surface area contributed by atoms with Gasteiger partial charge < -0.3 is 15.2 Å². The standard InChI is InChI=1S/C10H13F2NO2/c1-13-6-10(11,12)7-4-3-5-8(14)9(7)15-2/h3-5,13-14H,6H2,1-2H3. The van der Waals surface area contributed by atoms with E-state index in [2.05, 4.69) is 5.32 Å². The molecular formula is C10H13F2NO2. The molecular weight excluding hydrogens is 204 g/mol. The van der Waals surface area contributed by atoms with Crippen LogP contribution in [0.2, 0.25) is 0 Å². The first-order valence-electron chi connectivity index (χ1n) is 4.42. The van der Waals surface area contributed by atoms with Gasteiger partial charge in [-0.15, -0.1) is 0 Å². The van der Waals surface area contributed by atoms with Crippen molar-refractivity contribution in [2.75, 3.05) is 20.7 Å². The lowest BCUT2D eigenvalue weighted by molar-refractivity contribution is -0.00372. The van der Waals surface area contributed by atoms with E-state index in [-0.39, 0.29) is 17.1 Å². The average Bonchev–Trinajstić information content (AvgIpc) is 2.17. The Hall–Kier alpha value is -1.36. The number of para-hydroxylation sites is 1. The van der Waals surface area contributed by atoms with Crippen molar-refractivity contribution in [1.29, 1.82) is 0 Å². The van der Waals surface area contributed by atoms with Crippen molar-refractivity contribution in [2.45, 2.75) is 5.92 Å². The molecule has 2 N–H and O–H groups in total. The van der Waals surface area contributed by atoms with Gasteiger partial charge in [0.2, 0.25) is 0 Å². The number of phenolic OH excluding ortho intramolecular Hbond substituents is 1. The summed E-state index contributed by atoms with van der Waals surface area (Å²) in [5.41, 5.74) is -0.320. The van der Waals surface area contributed by atoms with E-state index >= 15 is 0 Å². The molecule has 1 aromatic carbocycles. The lowest BCUT2D eigenvalue weighted by Gasteiger charge is -2.19. The van der Waals surface area contributed by atoms with E-state index in [0.717, 1.165) is 0 Å². The third kappa shape index (κ3) is 2.36. The summed E-state index contributed by atoms with van der Waals surface area (Å²) in [5, 5.41) is 11.7. The van der Waals surface area contributed by atoms with Crippen LogP contribution in [-0.4, -0.2) is 25.8 Å². The van der Waals surface area contributed by atoms with Crippen molar-refractivity contribution in [3.63, 3.8) is 0 Å². The van der Waals surface area contributed by atoms with Gasteiger partial charge in [0.25, 0.3) is 5.92 Å². The fourth-order valence-electron chi connectivity index (χ4n) is 1.34. The van der Waals surface area contributed by atoms with Crippen LogP contribution < -0.4 is 10.1 Å². The number of phenols is 1. The summed E-state index contributed by atoms with van der Waals surface area (Å²) < 4.78 is 31.8. The number of hydrogen-bond donors (Lipinski definition) is 2. The third-order valence-corrected chi connectivity index (χ3v) is 1.99. The maximum atomic E-state index is 13.5. The molecule has 0 fully saturated rings. The number of rotatable bonds is 4. The second-order valence-corrected chi connectivity index (χ2v) is 3.09. The van der Waals surface area contributed by atoms with Crippen LogP contribution in [0.1, 0.15) is 5.56 Å². The highest BCUT2D eigenvalue weighted by Crippen LogP contribution is 2.39. The Morgan fingerprint density at radius 3 is 2.67 bits per heavy atom. The zero-order chi connectivity index (χ0) is 11.5. The average molecular weight is 217 g/mol. The van der Waals surface area contributed by atoms with E-state index in [1.54, 1.807) is 0 Å². The Bertz CT molecular complexity index is 342. The summed E-state index contributed by atoms with van der Waals surface area (Å²) in [6, 6.07) is 3.89. The molecule has 3 nitrogen and oxygen atoms in total. The van der Waals surface area contributed by atoms with E-state index in [0.29, 0.717) is 0 Å². The highest BCUT2D eigenvalue weighted by atomic mass is 19.3. The molecule has 0 saturated heterocycles. The molecule has 0 saturated carbocycles. The molecule has 0 aromatic heterocycles. The molecule has 1 rings (SSSR count). The van der Waals surface area contributed by atoms with E-state index in [4.69, 9.17) is 4.74 Å². The van der Waals surface area contributed by atoms with Crippen LogP contribution in [-0.2, 0) is 5.92 Å². The molecule has 1 aromatic rings. The zero-order valence-corrected chi connectivity index (χ0v) is 8.55. The Morgan fingerprint density at radius 1 is 1.47 bits per heavy atom. The number of nitrogens with one attached hydrogen (secondary N) is 1. The number of aromatic hydroxyl groups is 1. The van der Waals surface area contributed by atoms with Gasteiger partial charge in [-0.25, -0.2) is 0 Å². The van der Waals surface area contributed by atoms with Crippen molar-refractivity contribution in [3.05, 3.63) is 23.8 Å². The predicted octanol–water partition coefficient (Wildman–Crippen LogP) is 1.71. The molecule has 15 heavy (non-hydrogen) atoms. The lowest BCUT2D eigenvalue weighted by Crippen LogP contribution is -2.28. The molecule has 5 heteroatoms. The summed E-state index contributed by atoms with van der Waals surface area (Å²) >= 11 is 0. The third-order valence-electron chi connectivity index (χ3n) is 1.99. The molecule has 0 radical (unpaired) electrons. The summed E-state index contributed by atoms with van der Waals surface area (Å²) in [5.74, 6) is -3.54. The van der Waals surface area contributed by atoms with Gasteiger partial charge in [-0.3, -0.25) is 0 Å². The fraction of sp³-hybridized carbons (Fsp3) is 0.400. The van der Waals surface area contributed by atoms with Gasteiger partial charge in [0.05, 0.1) is 19.2 Å². The molecule has 0 atom stereocenters. The minimum atomic E-state index is -3.07. The quantitative estimate of drug-likeness (QED) is 0.806. The monoisotopic (exact) mass is 217 g/mol. The van der Waals surface area contributed by atoms with Crippen LogP contribution in [0.5, 0.6) is 11.5 Å². The van der Waals surface area contributed by atoms with E-state index in [1.807, 2.05) is 0 Å². The highest BCUT2D eigenvalue weighted by Gasteiger charge is 2.34. The first kappa shape index (κ1) is 11.7. The van der Waals surface area contributed by atoms with Crippen molar-refractivity contribution < 1.29 is 18.6 Å². The van der Waals surface area contributed by atoms with Gasteiger partial charge in [-0.1, -0.05) is 6.07 Å². The van der Waals surface area contributed by atoms with E-state index in [1.165, 1.54) is 32.4 Å². The number of benzene rings is 1. The van der Waals surface area contributed by atoms with Gasteiger partial charge in [-0.05, 0) is 19.2 Å². The van der Waals surface area contributed by atoms with Crippen molar-refractivity contribution >= 4 is 0 Å². The zero-order valence-electron chi connectivity index (χ0n) is 8.55. The van der Waals surface area contributed by atoms with Crippen LogP contribution in [0, 0.1) is 0 Å². The number of alkyl halides is 2. The maximum Gasteiger partial charge on any atom is 0.289 e. The maximum absolute atomic E-state index is 13.5. The highest BCUT2D eigenvalue weighted by molar-refractivity contribution is 5.47. The fourth-order valence-corrected chi connectivity index (χ4v) is 1.34. The molecule has 0 amide bonds. The molecule has 0 spiro atoms. The first-order valence-corrected chi connectivity index (χ1v) is 4.42. The predicted molar refractivity (Wildman–Crippen MR) is 52.5 cm³/mol. The van der Waals surface area contributed by atoms with E-state index in [9.17, 15) is 13.9 Å². The smallest absolute Gasteiger partial charge is 0.289 e. The molecule has 84 valence electrons. The largest absolute Gasteiger partial charge is 0.504 e. The van der Waals surface area contributed by atoms with Gasteiger partial charge >= 0.3 is 0 Å².